The number of ether oxygens (including phenoxy) is 1. The number of rotatable bonds is 6. The summed E-state index contributed by atoms with van der Waals surface area (Å²) in [6, 6.07) is 10.4. The minimum atomic E-state index is -0.195. The first-order valence-corrected chi connectivity index (χ1v) is 8.09. The second kappa shape index (κ2) is 8.12. The third-order valence-corrected chi connectivity index (χ3v) is 5.23. The third-order valence-electron chi connectivity index (χ3n) is 2.47. The van der Waals surface area contributed by atoms with Gasteiger partial charge in [-0.15, -0.1) is 0 Å². The molecular formula is C15H20O2Se. The third kappa shape index (κ3) is 5.07. The van der Waals surface area contributed by atoms with E-state index in [2.05, 4.69) is 37.3 Å². The first-order valence-electron chi connectivity index (χ1n) is 6.24. The van der Waals surface area contributed by atoms with Crippen LogP contribution >= 0.6 is 0 Å². The number of allylic oxidation sites excluding steroid dienone is 1. The van der Waals surface area contributed by atoms with Crippen molar-refractivity contribution in [2.75, 3.05) is 6.61 Å². The molecule has 1 rings (SSSR count). The number of benzene rings is 1. The average molecular weight is 311 g/mol. The van der Waals surface area contributed by atoms with E-state index in [0.717, 1.165) is 12.0 Å². The molecule has 1 aromatic rings. The molecule has 1 atom stereocenters. The summed E-state index contributed by atoms with van der Waals surface area (Å²) in [5, 5.41) is 0. The molecule has 0 fully saturated rings. The Morgan fingerprint density at radius 1 is 1.33 bits per heavy atom. The summed E-state index contributed by atoms with van der Waals surface area (Å²) in [5.41, 5.74) is 0.724. The predicted molar refractivity (Wildman–Crippen MR) is 76.3 cm³/mol. The van der Waals surface area contributed by atoms with Crippen LogP contribution in [0.15, 0.2) is 42.0 Å². The Kier molecular flexibility index (Phi) is 6.77. The average Bonchev–Trinajstić information content (AvgIpc) is 2.39. The van der Waals surface area contributed by atoms with E-state index in [0.29, 0.717) is 26.4 Å². The van der Waals surface area contributed by atoms with E-state index in [1.807, 2.05) is 19.9 Å². The topological polar surface area (TPSA) is 26.3 Å². The molecule has 2 nitrogen and oxygen atoms in total. The summed E-state index contributed by atoms with van der Waals surface area (Å²) in [6.45, 7) is 6.26. The van der Waals surface area contributed by atoms with Crippen molar-refractivity contribution in [3.05, 3.63) is 42.0 Å². The number of esters is 1. The Morgan fingerprint density at radius 3 is 2.56 bits per heavy atom. The molecular weight excluding hydrogens is 291 g/mol. The van der Waals surface area contributed by atoms with Crippen molar-refractivity contribution >= 4 is 25.4 Å². The van der Waals surface area contributed by atoms with Gasteiger partial charge in [-0.2, -0.15) is 0 Å². The van der Waals surface area contributed by atoms with Crippen molar-refractivity contribution in [3.63, 3.8) is 0 Å². The van der Waals surface area contributed by atoms with Crippen molar-refractivity contribution in [3.8, 4) is 0 Å². The molecule has 0 spiro atoms. The van der Waals surface area contributed by atoms with Crippen LogP contribution in [0.25, 0.3) is 0 Å². The fourth-order valence-electron chi connectivity index (χ4n) is 1.50. The van der Waals surface area contributed by atoms with Crippen LogP contribution in [-0.4, -0.2) is 27.5 Å². The van der Waals surface area contributed by atoms with Crippen LogP contribution in [-0.2, 0) is 9.53 Å². The molecule has 0 radical (unpaired) electrons. The fraction of sp³-hybridized carbons (Fsp3) is 0.400. The Bertz CT molecular complexity index is 398. The second-order valence-corrected chi connectivity index (χ2v) is 6.70. The zero-order valence-corrected chi connectivity index (χ0v) is 12.9. The molecule has 0 saturated heterocycles. The van der Waals surface area contributed by atoms with Crippen molar-refractivity contribution in [2.24, 2.45) is 0 Å². The molecule has 0 aliphatic heterocycles. The van der Waals surface area contributed by atoms with Crippen LogP contribution in [0.1, 0.15) is 27.2 Å². The summed E-state index contributed by atoms with van der Waals surface area (Å²) < 4.78 is 6.36. The zero-order chi connectivity index (χ0) is 13.4. The van der Waals surface area contributed by atoms with E-state index in [9.17, 15) is 4.79 Å². The first kappa shape index (κ1) is 15.0. The molecule has 0 saturated carbocycles. The normalized spacial score (nSPS) is 13.2. The van der Waals surface area contributed by atoms with Crippen LogP contribution < -0.4 is 4.46 Å². The SMILES string of the molecule is CCOC(=O)/C(C)=C/[C@H](CC)[Se]c1ccccc1. The molecule has 0 aliphatic carbocycles. The van der Waals surface area contributed by atoms with Crippen LogP contribution in [0, 0.1) is 0 Å². The van der Waals surface area contributed by atoms with Gasteiger partial charge in [0.2, 0.25) is 0 Å². The second-order valence-electron chi connectivity index (χ2n) is 3.95. The molecule has 3 heteroatoms. The van der Waals surface area contributed by atoms with E-state index in [4.69, 9.17) is 4.74 Å². The Balaban J connectivity index is 2.67. The van der Waals surface area contributed by atoms with Gasteiger partial charge in [-0.1, -0.05) is 0 Å². The number of carbonyl (C=O) groups is 1. The maximum absolute atomic E-state index is 11.6. The number of carbonyl (C=O) groups excluding carboxylic acids is 1. The van der Waals surface area contributed by atoms with Crippen LogP contribution in [0.3, 0.4) is 0 Å². The van der Waals surface area contributed by atoms with E-state index >= 15 is 0 Å². The van der Waals surface area contributed by atoms with Crippen molar-refractivity contribution in [1.29, 1.82) is 0 Å². The van der Waals surface area contributed by atoms with Gasteiger partial charge in [0, 0.05) is 0 Å². The number of hydrogen-bond acceptors (Lipinski definition) is 2. The van der Waals surface area contributed by atoms with Gasteiger partial charge in [0.15, 0.2) is 0 Å². The van der Waals surface area contributed by atoms with Gasteiger partial charge in [0.25, 0.3) is 0 Å². The molecule has 98 valence electrons. The van der Waals surface area contributed by atoms with Gasteiger partial charge in [0.1, 0.15) is 0 Å². The Morgan fingerprint density at radius 2 is 2.00 bits per heavy atom. The molecule has 0 heterocycles. The summed E-state index contributed by atoms with van der Waals surface area (Å²) in [7, 11) is 0. The van der Waals surface area contributed by atoms with Gasteiger partial charge in [-0.05, 0) is 0 Å². The Labute approximate surface area is 116 Å². The summed E-state index contributed by atoms with van der Waals surface area (Å²) in [5.74, 6) is -0.195. The molecule has 18 heavy (non-hydrogen) atoms. The summed E-state index contributed by atoms with van der Waals surface area (Å²) in [4.78, 5) is 12.0. The molecule has 0 N–H and O–H groups in total. The molecule has 0 unspecified atom stereocenters. The van der Waals surface area contributed by atoms with Gasteiger partial charge >= 0.3 is 116 Å². The minimum absolute atomic E-state index is 0.195. The molecule has 0 amide bonds. The first-order chi connectivity index (χ1) is 8.67. The monoisotopic (exact) mass is 312 g/mol. The van der Waals surface area contributed by atoms with Crippen LogP contribution in [0.5, 0.6) is 0 Å². The van der Waals surface area contributed by atoms with E-state index in [1.165, 1.54) is 4.46 Å². The molecule has 0 aromatic heterocycles. The van der Waals surface area contributed by atoms with Crippen molar-refractivity contribution < 1.29 is 9.53 Å². The van der Waals surface area contributed by atoms with E-state index < -0.39 is 0 Å². The zero-order valence-electron chi connectivity index (χ0n) is 11.2. The van der Waals surface area contributed by atoms with Crippen molar-refractivity contribution in [2.45, 2.75) is 32.0 Å². The van der Waals surface area contributed by atoms with Gasteiger partial charge in [-0.25, -0.2) is 0 Å². The number of hydrogen-bond donors (Lipinski definition) is 0. The standard InChI is InChI=1S/C15H20O2Se/c1-4-13(11-12(3)15(16)17-5-2)18-14-9-7-6-8-10-14/h6-11,13H,4-5H2,1-3H3/b12-11+/t13-/m0/s1. The van der Waals surface area contributed by atoms with Crippen LogP contribution in [0.4, 0.5) is 0 Å². The fourth-order valence-corrected chi connectivity index (χ4v) is 3.81. The van der Waals surface area contributed by atoms with Gasteiger partial charge < -0.3 is 0 Å². The van der Waals surface area contributed by atoms with Gasteiger partial charge in [0.05, 0.1) is 0 Å². The molecule has 0 aliphatic rings. The maximum atomic E-state index is 11.6. The Hall–Kier alpha value is -1.05. The van der Waals surface area contributed by atoms with Gasteiger partial charge in [-0.3, -0.25) is 0 Å². The molecule has 0 bridgehead atoms. The van der Waals surface area contributed by atoms with E-state index in [-0.39, 0.29) is 5.97 Å². The summed E-state index contributed by atoms with van der Waals surface area (Å²) in [6.07, 6.45) is 3.11. The summed E-state index contributed by atoms with van der Waals surface area (Å²) >= 11 is 0.365. The van der Waals surface area contributed by atoms with Crippen molar-refractivity contribution in [1.82, 2.24) is 0 Å². The molecule has 1 aromatic carbocycles. The van der Waals surface area contributed by atoms with Crippen LogP contribution in [0.2, 0.25) is 4.82 Å². The van der Waals surface area contributed by atoms with E-state index in [1.54, 1.807) is 0 Å². The quantitative estimate of drug-likeness (QED) is 0.459. The predicted octanol–water partition coefficient (Wildman–Crippen LogP) is 2.72.